The van der Waals surface area contributed by atoms with Crippen molar-refractivity contribution in [1.29, 1.82) is 0 Å². The summed E-state index contributed by atoms with van der Waals surface area (Å²) in [6.07, 6.45) is 1.33. The molecule has 0 saturated carbocycles. The molecule has 0 radical (unpaired) electrons. The van der Waals surface area contributed by atoms with Gasteiger partial charge in [0.05, 0.1) is 6.61 Å². The Morgan fingerprint density at radius 2 is 1.96 bits per heavy atom. The molecule has 1 aromatic carbocycles. The average molecular weight is 321 g/mol. The number of carbonyl (C=O) groups is 2. The van der Waals surface area contributed by atoms with Gasteiger partial charge in [-0.15, -0.1) is 0 Å². The maximum Gasteiger partial charge on any atom is 0.326 e. The van der Waals surface area contributed by atoms with E-state index < -0.39 is 12.0 Å². The molecular weight excluding hydrogens is 298 g/mol. The molecule has 1 heterocycles. The third-order valence-electron chi connectivity index (χ3n) is 4.07. The standard InChI is InChI=1S/C17H23NO5/c1-12-7-8-18(15(11-12)17(20)21)16(19)13-3-5-14(6-4-13)23-10-9-22-2/h3-6,12,15H,7-11H2,1-2H3,(H,20,21). The molecule has 1 aromatic rings. The lowest BCUT2D eigenvalue weighted by atomic mass is 9.92. The summed E-state index contributed by atoms with van der Waals surface area (Å²) in [5.74, 6) is -0.213. The van der Waals surface area contributed by atoms with Gasteiger partial charge >= 0.3 is 5.97 Å². The zero-order chi connectivity index (χ0) is 16.8. The maximum atomic E-state index is 12.6. The van der Waals surface area contributed by atoms with Crippen molar-refractivity contribution < 1.29 is 24.2 Å². The monoisotopic (exact) mass is 321 g/mol. The first-order valence-electron chi connectivity index (χ1n) is 7.78. The van der Waals surface area contributed by atoms with Crippen LogP contribution >= 0.6 is 0 Å². The molecule has 0 bridgehead atoms. The molecule has 6 heteroatoms. The second-order valence-corrected chi connectivity index (χ2v) is 5.85. The normalized spacial score (nSPS) is 21.0. The Hall–Kier alpha value is -2.08. The molecule has 1 N–H and O–H groups in total. The number of methoxy groups -OCH3 is 1. The van der Waals surface area contributed by atoms with Crippen LogP contribution in [-0.2, 0) is 9.53 Å². The molecule has 1 saturated heterocycles. The number of carbonyl (C=O) groups excluding carboxylic acids is 1. The van der Waals surface area contributed by atoms with Crippen LogP contribution in [0, 0.1) is 5.92 Å². The molecule has 1 amide bonds. The zero-order valence-electron chi connectivity index (χ0n) is 13.5. The van der Waals surface area contributed by atoms with Crippen molar-refractivity contribution in [2.75, 3.05) is 26.9 Å². The van der Waals surface area contributed by atoms with E-state index >= 15 is 0 Å². The van der Waals surface area contributed by atoms with Crippen LogP contribution in [0.15, 0.2) is 24.3 Å². The number of piperidine rings is 1. The summed E-state index contributed by atoms with van der Waals surface area (Å²) in [7, 11) is 1.60. The van der Waals surface area contributed by atoms with Crippen LogP contribution in [0.2, 0.25) is 0 Å². The summed E-state index contributed by atoms with van der Waals surface area (Å²) in [6, 6.07) is 6.02. The molecule has 6 nitrogen and oxygen atoms in total. The second-order valence-electron chi connectivity index (χ2n) is 5.85. The van der Waals surface area contributed by atoms with Gasteiger partial charge in [0.25, 0.3) is 5.91 Å². The highest BCUT2D eigenvalue weighted by Crippen LogP contribution is 2.25. The van der Waals surface area contributed by atoms with Crippen LogP contribution < -0.4 is 4.74 Å². The molecule has 1 fully saturated rings. The van der Waals surface area contributed by atoms with Crippen LogP contribution in [0.4, 0.5) is 0 Å². The minimum atomic E-state index is -0.940. The van der Waals surface area contributed by atoms with E-state index in [2.05, 4.69) is 0 Å². The number of carboxylic acids is 1. The van der Waals surface area contributed by atoms with Gasteiger partial charge in [0.1, 0.15) is 18.4 Å². The molecule has 1 aliphatic heterocycles. The predicted octanol–water partition coefficient (Wildman–Crippen LogP) is 2.04. The summed E-state index contributed by atoms with van der Waals surface area (Å²) in [5.41, 5.74) is 0.477. The molecule has 0 aliphatic carbocycles. The minimum Gasteiger partial charge on any atom is -0.491 e. The van der Waals surface area contributed by atoms with Crippen molar-refractivity contribution >= 4 is 11.9 Å². The van der Waals surface area contributed by atoms with Crippen LogP contribution in [0.1, 0.15) is 30.1 Å². The Balaban J connectivity index is 2.05. The van der Waals surface area contributed by atoms with Crippen molar-refractivity contribution in [2.24, 2.45) is 5.92 Å². The lowest BCUT2D eigenvalue weighted by Gasteiger charge is -2.36. The van der Waals surface area contributed by atoms with E-state index in [1.54, 1.807) is 31.4 Å². The summed E-state index contributed by atoms with van der Waals surface area (Å²) < 4.78 is 10.4. The van der Waals surface area contributed by atoms with Crippen molar-refractivity contribution in [3.8, 4) is 5.75 Å². The third kappa shape index (κ3) is 4.45. The van der Waals surface area contributed by atoms with Gasteiger partial charge in [-0.25, -0.2) is 4.79 Å². The Labute approximate surface area is 136 Å². The van der Waals surface area contributed by atoms with Gasteiger partial charge in [-0.1, -0.05) is 6.92 Å². The summed E-state index contributed by atoms with van der Waals surface area (Å²) in [5, 5.41) is 9.36. The van der Waals surface area contributed by atoms with E-state index in [0.29, 0.717) is 43.4 Å². The van der Waals surface area contributed by atoms with Gasteiger partial charge in [0.15, 0.2) is 0 Å². The minimum absolute atomic E-state index is 0.243. The fourth-order valence-electron chi connectivity index (χ4n) is 2.72. The van der Waals surface area contributed by atoms with Gasteiger partial charge in [-0.2, -0.15) is 0 Å². The topological polar surface area (TPSA) is 76.1 Å². The average Bonchev–Trinajstić information content (AvgIpc) is 2.55. The van der Waals surface area contributed by atoms with Crippen molar-refractivity contribution in [2.45, 2.75) is 25.8 Å². The largest absolute Gasteiger partial charge is 0.491 e. The first kappa shape index (κ1) is 17.3. The Morgan fingerprint density at radius 3 is 2.57 bits per heavy atom. The van der Waals surface area contributed by atoms with E-state index in [1.807, 2.05) is 6.92 Å². The molecule has 2 atom stereocenters. The van der Waals surface area contributed by atoms with E-state index in [4.69, 9.17) is 9.47 Å². The van der Waals surface area contributed by atoms with Crippen molar-refractivity contribution in [1.82, 2.24) is 4.90 Å². The molecule has 0 spiro atoms. The first-order chi connectivity index (χ1) is 11.0. The first-order valence-corrected chi connectivity index (χ1v) is 7.78. The zero-order valence-corrected chi connectivity index (χ0v) is 13.5. The summed E-state index contributed by atoms with van der Waals surface area (Å²) in [4.78, 5) is 25.5. The van der Waals surface area contributed by atoms with Crippen LogP contribution in [-0.4, -0.2) is 54.8 Å². The number of rotatable bonds is 6. The molecular formula is C17H23NO5. The number of likely N-dealkylation sites (tertiary alicyclic amines) is 1. The van der Waals surface area contributed by atoms with E-state index in [0.717, 1.165) is 6.42 Å². The number of ether oxygens (including phenoxy) is 2. The molecule has 126 valence electrons. The molecule has 2 unspecified atom stereocenters. The SMILES string of the molecule is COCCOc1ccc(C(=O)N2CCC(C)CC2C(=O)O)cc1. The predicted molar refractivity (Wildman–Crippen MR) is 84.7 cm³/mol. The number of carboxylic acid groups (broad SMARTS) is 1. The van der Waals surface area contributed by atoms with Gasteiger partial charge < -0.3 is 19.5 Å². The van der Waals surface area contributed by atoms with Gasteiger partial charge in [0.2, 0.25) is 0 Å². The van der Waals surface area contributed by atoms with Gasteiger partial charge in [0, 0.05) is 19.2 Å². The van der Waals surface area contributed by atoms with E-state index in [-0.39, 0.29) is 5.91 Å². The Morgan fingerprint density at radius 1 is 1.26 bits per heavy atom. The van der Waals surface area contributed by atoms with Crippen LogP contribution in [0.25, 0.3) is 0 Å². The molecule has 23 heavy (non-hydrogen) atoms. The molecule has 1 aliphatic rings. The number of hydrogen-bond donors (Lipinski definition) is 1. The summed E-state index contributed by atoms with van der Waals surface area (Å²) in [6.45, 7) is 3.43. The number of amides is 1. The van der Waals surface area contributed by atoms with Crippen LogP contribution in [0.3, 0.4) is 0 Å². The highest BCUT2D eigenvalue weighted by atomic mass is 16.5. The van der Waals surface area contributed by atoms with Crippen molar-refractivity contribution in [3.05, 3.63) is 29.8 Å². The molecule has 0 aromatic heterocycles. The lowest BCUT2D eigenvalue weighted by Crippen LogP contribution is -2.49. The highest BCUT2D eigenvalue weighted by Gasteiger charge is 2.35. The number of nitrogens with zero attached hydrogens (tertiary/aromatic N) is 1. The van der Waals surface area contributed by atoms with E-state index in [1.165, 1.54) is 4.90 Å². The fourth-order valence-corrected chi connectivity index (χ4v) is 2.72. The smallest absolute Gasteiger partial charge is 0.326 e. The Bertz CT molecular complexity index is 542. The van der Waals surface area contributed by atoms with Crippen molar-refractivity contribution in [3.63, 3.8) is 0 Å². The maximum absolute atomic E-state index is 12.6. The quantitative estimate of drug-likeness (QED) is 0.811. The number of benzene rings is 1. The second kappa shape index (κ2) is 7.97. The van der Waals surface area contributed by atoms with E-state index in [9.17, 15) is 14.7 Å². The van der Waals surface area contributed by atoms with Gasteiger partial charge in [-0.3, -0.25) is 4.79 Å². The number of hydrogen-bond acceptors (Lipinski definition) is 4. The fraction of sp³-hybridized carbons (Fsp3) is 0.529. The third-order valence-corrected chi connectivity index (χ3v) is 4.07. The number of aliphatic carboxylic acids is 1. The highest BCUT2D eigenvalue weighted by molar-refractivity contribution is 5.96. The van der Waals surface area contributed by atoms with Gasteiger partial charge in [-0.05, 0) is 43.0 Å². The van der Waals surface area contributed by atoms with Crippen LogP contribution in [0.5, 0.6) is 5.75 Å². The lowest BCUT2D eigenvalue weighted by molar-refractivity contribution is -0.144. The summed E-state index contributed by atoms with van der Waals surface area (Å²) >= 11 is 0. The molecule has 2 rings (SSSR count). The Kier molecular flexibility index (Phi) is 5.98.